The summed E-state index contributed by atoms with van der Waals surface area (Å²) in [5.41, 5.74) is 0.505. The third-order valence-corrected chi connectivity index (χ3v) is 5.49. The second-order valence-corrected chi connectivity index (χ2v) is 6.90. The second-order valence-electron chi connectivity index (χ2n) is 5.04. The maximum atomic E-state index is 12.8. The molecule has 0 radical (unpaired) electrons. The van der Waals surface area contributed by atoms with Crippen molar-refractivity contribution in [3.63, 3.8) is 0 Å². The van der Waals surface area contributed by atoms with E-state index in [9.17, 15) is 13.2 Å². The fraction of sp³-hybridized carbons (Fsp3) is 0.385. The molecule has 0 unspecified atom stereocenters. The first-order valence-electron chi connectivity index (χ1n) is 6.66. The van der Waals surface area contributed by atoms with Gasteiger partial charge >= 0.3 is 5.97 Å². The summed E-state index contributed by atoms with van der Waals surface area (Å²) in [5, 5.41) is 9.32. The quantitative estimate of drug-likeness (QED) is 0.834. The number of H-pyrrole nitrogens is 1. The molecule has 1 fully saturated rings. The largest absolute Gasteiger partial charge is 0.481 e. The van der Waals surface area contributed by atoms with Crippen LogP contribution >= 0.6 is 0 Å². The number of pyridine rings is 1. The maximum absolute atomic E-state index is 12.8. The lowest BCUT2D eigenvalue weighted by Crippen LogP contribution is -2.34. The number of carboxylic acid groups (broad SMARTS) is 1. The van der Waals surface area contributed by atoms with Crippen molar-refractivity contribution >= 4 is 27.0 Å². The minimum absolute atomic E-state index is 0.00469. The van der Waals surface area contributed by atoms with Crippen molar-refractivity contribution < 1.29 is 18.3 Å². The second kappa shape index (κ2) is 5.12. The van der Waals surface area contributed by atoms with Gasteiger partial charge in [-0.2, -0.15) is 4.31 Å². The number of sulfonamides is 1. The molecule has 0 bridgehead atoms. The zero-order valence-electron chi connectivity index (χ0n) is 11.2. The molecule has 0 spiro atoms. The standard InChI is InChI=1S/C13H15N3O4S/c17-12(18)5-7-16(9-3-4-9)21(19,20)11-8-15-13-10(11)2-1-6-14-13/h1-2,6,8-9H,3-5,7H2,(H,14,15)(H,17,18). The van der Waals surface area contributed by atoms with Gasteiger partial charge in [-0.3, -0.25) is 4.79 Å². The molecule has 0 aromatic carbocycles. The number of nitrogens with one attached hydrogen (secondary N) is 1. The Balaban J connectivity index is 1.99. The van der Waals surface area contributed by atoms with E-state index in [1.165, 1.54) is 10.5 Å². The predicted octanol–water partition coefficient (Wildman–Crippen LogP) is 1.19. The fourth-order valence-electron chi connectivity index (χ4n) is 2.34. The lowest BCUT2D eigenvalue weighted by molar-refractivity contribution is -0.137. The van der Waals surface area contributed by atoms with Gasteiger partial charge in [-0.25, -0.2) is 13.4 Å². The summed E-state index contributed by atoms with van der Waals surface area (Å²) in [6.07, 6.45) is 4.36. The molecule has 2 N–H and O–H groups in total. The Morgan fingerprint density at radius 3 is 2.90 bits per heavy atom. The van der Waals surface area contributed by atoms with E-state index in [4.69, 9.17) is 5.11 Å². The average molecular weight is 309 g/mol. The highest BCUT2D eigenvalue weighted by Gasteiger charge is 2.39. The molecule has 2 aromatic heterocycles. The first kappa shape index (κ1) is 14.0. The lowest BCUT2D eigenvalue weighted by Gasteiger charge is -2.20. The van der Waals surface area contributed by atoms with Crippen LogP contribution in [0.1, 0.15) is 19.3 Å². The summed E-state index contributed by atoms with van der Waals surface area (Å²) < 4.78 is 26.9. The lowest BCUT2D eigenvalue weighted by atomic mass is 10.3. The van der Waals surface area contributed by atoms with E-state index in [1.54, 1.807) is 18.3 Å². The van der Waals surface area contributed by atoms with E-state index < -0.39 is 16.0 Å². The summed E-state index contributed by atoms with van der Waals surface area (Å²) in [6, 6.07) is 3.28. The molecule has 1 aliphatic carbocycles. The number of hydrogen-bond donors (Lipinski definition) is 2. The average Bonchev–Trinajstić information content (AvgIpc) is 3.16. The van der Waals surface area contributed by atoms with Crippen molar-refractivity contribution in [1.29, 1.82) is 0 Å². The van der Waals surface area contributed by atoms with Crippen molar-refractivity contribution in [3.05, 3.63) is 24.5 Å². The van der Waals surface area contributed by atoms with Gasteiger partial charge in [0.2, 0.25) is 10.0 Å². The van der Waals surface area contributed by atoms with Gasteiger partial charge in [-0.05, 0) is 25.0 Å². The Kier molecular flexibility index (Phi) is 3.42. The van der Waals surface area contributed by atoms with E-state index in [-0.39, 0.29) is 23.9 Å². The number of hydrogen-bond acceptors (Lipinski definition) is 4. The molecular weight excluding hydrogens is 294 g/mol. The summed E-state index contributed by atoms with van der Waals surface area (Å²) in [6.45, 7) is -0.00469. The van der Waals surface area contributed by atoms with Crippen LogP contribution in [0.15, 0.2) is 29.4 Å². The third kappa shape index (κ3) is 2.64. The number of carbonyl (C=O) groups is 1. The number of aliphatic carboxylic acids is 1. The zero-order valence-corrected chi connectivity index (χ0v) is 12.0. The number of nitrogens with zero attached hydrogens (tertiary/aromatic N) is 2. The van der Waals surface area contributed by atoms with Gasteiger partial charge in [0.25, 0.3) is 0 Å². The number of rotatable bonds is 6. The number of aromatic nitrogens is 2. The molecule has 7 nitrogen and oxygen atoms in total. The molecule has 2 aromatic rings. The Bertz CT molecular complexity index is 780. The minimum Gasteiger partial charge on any atom is -0.481 e. The Morgan fingerprint density at radius 2 is 2.24 bits per heavy atom. The first-order chi connectivity index (χ1) is 10.00. The van der Waals surface area contributed by atoms with Crippen molar-refractivity contribution in [2.45, 2.75) is 30.2 Å². The summed E-state index contributed by atoms with van der Waals surface area (Å²) in [7, 11) is -3.72. The highest BCUT2D eigenvalue weighted by Crippen LogP contribution is 2.34. The normalized spacial score (nSPS) is 15.7. The van der Waals surface area contributed by atoms with Crippen molar-refractivity contribution in [3.8, 4) is 0 Å². The van der Waals surface area contributed by atoms with Crippen molar-refractivity contribution in [1.82, 2.24) is 14.3 Å². The van der Waals surface area contributed by atoms with Crippen molar-refractivity contribution in [2.24, 2.45) is 0 Å². The van der Waals surface area contributed by atoms with E-state index in [1.807, 2.05) is 0 Å². The van der Waals surface area contributed by atoms with Gasteiger partial charge in [-0.1, -0.05) is 0 Å². The Morgan fingerprint density at radius 1 is 1.48 bits per heavy atom. The highest BCUT2D eigenvalue weighted by atomic mass is 32.2. The minimum atomic E-state index is -3.72. The van der Waals surface area contributed by atoms with E-state index in [0.29, 0.717) is 11.0 Å². The molecule has 0 saturated heterocycles. The monoisotopic (exact) mass is 309 g/mol. The Hall–Kier alpha value is -1.93. The smallest absolute Gasteiger partial charge is 0.304 e. The number of fused-ring (bicyclic) bond motifs is 1. The molecule has 8 heteroatoms. The molecule has 21 heavy (non-hydrogen) atoms. The molecule has 0 aliphatic heterocycles. The first-order valence-corrected chi connectivity index (χ1v) is 8.10. The van der Waals surface area contributed by atoms with Gasteiger partial charge in [0.1, 0.15) is 10.5 Å². The number of aromatic amines is 1. The predicted molar refractivity (Wildman–Crippen MR) is 75.3 cm³/mol. The summed E-state index contributed by atoms with van der Waals surface area (Å²) in [5.74, 6) is -1.00. The maximum Gasteiger partial charge on any atom is 0.304 e. The molecule has 0 atom stereocenters. The van der Waals surface area contributed by atoms with Crippen LogP contribution in [-0.2, 0) is 14.8 Å². The van der Waals surface area contributed by atoms with Crippen LogP contribution < -0.4 is 0 Å². The molecule has 1 saturated carbocycles. The van der Waals surface area contributed by atoms with Crippen LogP contribution in [0, 0.1) is 0 Å². The van der Waals surface area contributed by atoms with E-state index in [0.717, 1.165) is 12.8 Å². The van der Waals surface area contributed by atoms with Gasteiger partial charge in [-0.15, -0.1) is 0 Å². The topological polar surface area (TPSA) is 103 Å². The molecule has 112 valence electrons. The fourth-order valence-corrected chi connectivity index (χ4v) is 4.18. The van der Waals surface area contributed by atoms with Crippen LogP contribution in [0.5, 0.6) is 0 Å². The summed E-state index contributed by atoms with van der Waals surface area (Å²) >= 11 is 0. The van der Waals surface area contributed by atoms with Crippen LogP contribution in [-0.4, -0.2) is 46.4 Å². The van der Waals surface area contributed by atoms with Gasteiger partial charge in [0.05, 0.1) is 6.42 Å². The van der Waals surface area contributed by atoms with Gasteiger partial charge in [0.15, 0.2) is 0 Å². The van der Waals surface area contributed by atoms with Crippen LogP contribution in [0.25, 0.3) is 11.0 Å². The summed E-state index contributed by atoms with van der Waals surface area (Å²) in [4.78, 5) is 17.8. The highest BCUT2D eigenvalue weighted by molar-refractivity contribution is 7.89. The molecule has 3 rings (SSSR count). The SMILES string of the molecule is O=C(O)CCN(C1CC1)S(=O)(=O)c1c[nH]c2ncccc12. The third-order valence-electron chi connectivity index (χ3n) is 3.50. The van der Waals surface area contributed by atoms with Crippen LogP contribution in [0.2, 0.25) is 0 Å². The molecule has 1 aliphatic rings. The molecular formula is C13H15N3O4S. The molecule has 0 amide bonds. The van der Waals surface area contributed by atoms with Crippen molar-refractivity contribution in [2.75, 3.05) is 6.54 Å². The van der Waals surface area contributed by atoms with Crippen LogP contribution in [0.4, 0.5) is 0 Å². The zero-order chi connectivity index (χ0) is 15.0. The van der Waals surface area contributed by atoms with E-state index in [2.05, 4.69) is 9.97 Å². The number of carboxylic acids is 1. The van der Waals surface area contributed by atoms with Gasteiger partial charge in [0, 0.05) is 30.4 Å². The Labute approximate surface area is 121 Å². The molecule has 2 heterocycles. The van der Waals surface area contributed by atoms with Crippen LogP contribution in [0.3, 0.4) is 0 Å². The van der Waals surface area contributed by atoms with Gasteiger partial charge < -0.3 is 10.1 Å². The van der Waals surface area contributed by atoms with E-state index >= 15 is 0 Å².